The minimum Gasteiger partial charge on any atom is -0.357 e. The number of urea groups is 1. The maximum atomic E-state index is 14.0. The van der Waals surface area contributed by atoms with Crippen LogP contribution in [0, 0.1) is 12.7 Å². The molecule has 0 aliphatic carbocycles. The second-order valence-electron chi connectivity index (χ2n) is 7.03. The Morgan fingerprint density at radius 2 is 2.00 bits per heavy atom. The quantitative estimate of drug-likeness (QED) is 0.693. The molecular formula is C21H23FN6O. The number of hydrogen-bond acceptors (Lipinski definition) is 4. The number of aromatic nitrogens is 3. The van der Waals surface area contributed by atoms with Crippen molar-refractivity contribution in [2.45, 2.75) is 26.3 Å². The van der Waals surface area contributed by atoms with E-state index in [9.17, 15) is 9.18 Å². The molecule has 7 nitrogen and oxygen atoms in total. The maximum absolute atomic E-state index is 14.0. The van der Waals surface area contributed by atoms with Crippen LogP contribution in [0.3, 0.4) is 0 Å². The van der Waals surface area contributed by atoms with E-state index >= 15 is 0 Å². The van der Waals surface area contributed by atoms with Crippen LogP contribution in [-0.2, 0) is 6.54 Å². The third-order valence-corrected chi connectivity index (χ3v) is 5.03. The summed E-state index contributed by atoms with van der Waals surface area (Å²) in [5, 5.41) is 9.82. The Hall–Kier alpha value is -3.42. The highest BCUT2D eigenvalue weighted by Gasteiger charge is 2.15. The minimum atomic E-state index is -0.374. The number of rotatable bonds is 5. The van der Waals surface area contributed by atoms with Gasteiger partial charge in [-0.25, -0.2) is 18.9 Å². The molecule has 3 aromatic rings. The van der Waals surface area contributed by atoms with Gasteiger partial charge in [0, 0.05) is 25.8 Å². The monoisotopic (exact) mass is 394 g/mol. The molecule has 0 bridgehead atoms. The summed E-state index contributed by atoms with van der Waals surface area (Å²) in [6.45, 7) is 4.21. The zero-order chi connectivity index (χ0) is 20.2. The van der Waals surface area contributed by atoms with Crippen molar-refractivity contribution in [1.29, 1.82) is 0 Å². The van der Waals surface area contributed by atoms with E-state index in [1.165, 1.54) is 29.8 Å². The first-order valence-corrected chi connectivity index (χ1v) is 9.66. The van der Waals surface area contributed by atoms with Gasteiger partial charge in [0.05, 0.1) is 17.6 Å². The van der Waals surface area contributed by atoms with Crippen LogP contribution in [0.4, 0.5) is 20.7 Å². The number of nitrogens with one attached hydrogen (secondary N) is 2. The van der Waals surface area contributed by atoms with Gasteiger partial charge in [0.1, 0.15) is 17.3 Å². The van der Waals surface area contributed by atoms with Gasteiger partial charge in [0.15, 0.2) is 0 Å². The maximum Gasteiger partial charge on any atom is 0.319 e. The third kappa shape index (κ3) is 4.21. The summed E-state index contributed by atoms with van der Waals surface area (Å²) in [5.74, 6) is 0.574. The number of amides is 2. The molecule has 1 aliphatic heterocycles. The first-order valence-electron chi connectivity index (χ1n) is 9.66. The highest BCUT2D eigenvalue weighted by molar-refractivity contribution is 5.89. The molecule has 4 rings (SSSR count). The van der Waals surface area contributed by atoms with Gasteiger partial charge >= 0.3 is 6.03 Å². The molecule has 2 aromatic heterocycles. The highest BCUT2D eigenvalue weighted by Crippen LogP contribution is 2.21. The Balaban J connectivity index is 1.38. The number of carbonyl (C=O) groups excluding carboxylic acids is 1. The molecule has 29 heavy (non-hydrogen) atoms. The smallest absolute Gasteiger partial charge is 0.319 e. The Bertz CT molecular complexity index is 1010. The lowest BCUT2D eigenvalue weighted by molar-refractivity contribution is 0.251. The predicted octanol–water partition coefficient (Wildman–Crippen LogP) is 3.64. The molecule has 1 fully saturated rings. The van der Waals surface area contributed by atoms with Crippen LogP contribution in [0.1, 0.15) is 24.1 Å². The summed E-state index contributed by atoms with van der Waals surface area (Å²) < 4.78 is 15.5. The Kier molecular flexibility index (Phi) is 5.41. The fourth-order valence-corrected chi connectivity index (χ4v) is 3.44. The van der Waals surface area contributed by atoms with Crippen LogP contribution < -0.4 is 15.5 Å². The van der Waals surface area contributed by atoms with E-state index in [-0.39, 0.29) is 11.8 Å². The molecule has 8 heteroatoms. The third-order valence-electron chi connectivity index (χ3n) is 5.03. The molecule has 2 N–H and O–H groups in total. The zero-order valence-electron chi connectivity index (χ0n) is 16.2. The van der Waals surface area contributed by atoms with E-state index in [0.717, 1.165) is 24.5 Å². The van der Waals surface area contributed by atoms with Crippen molar-refractivity contribution in [2.24, 2.45) is 0 Å². The van der Waals surface area contributed by atoms with Gasteiger partial charge in [0.25, 0.3) is 0 Å². The van der Waals surface area contributed by atoms with Crippen LogP contribution >= 0.6 is 0 Å². The van der Waals surface area contributed by atoms with Crippen LogP contribution in [0.15, 0.2) is 48.8 Å². The van der Waals surface area contributed by atoms with Gasteiger partial charge < -0.3 is 15.5 Å². The van der Waals surface area contributed by atoms with E-state index in [4.69, 9.17) is 0 Å². The van der Waals surface area contributed by atoms with Gasteiger partial charge in [-0.05, 0) is 49.6 Å². The van der Waals surface area contributed by atoms with E-state index in [0.29, 0.717) is 23.6 Å². The highest BCUT2D eigenvalue weighted by atomic mass is 19.1. The van der Waals surface area contributed by atoms with Crippen LogP contribution in [0.2, 0.25) is 0 Å². The number of hydrogen-bond donors (Lipinski definition) is 2. The second-order valence-corrected chi connectivity index (χ2v) is 7.03. The summed E-state index contributed by atoms with van der Waals surface area (Å²) in [5.41, 5.74) is 2.49. The predicted molar refractivity (Wildman–Crippen MR) is 110 cm³/mol. The Labute approximate surface area is 168 Å². The summed E-state index contributed by atoms with van der Waals surface area (Å²) >= 11 is 0. The molecular weight excluding hydrogens is 371 g/mol. The van der Waals surface area contributed by atoms with E-state index < -0.39 is 0 Å². The SMILES string of the molecule is Cc1c(NC(=O)NCc2ccnc(N3CCCC3)c2)cnn1-c1ccccc1F. The second kappa shape index (κ2) is 8.30. The Morgan fingerprint density at radius 3 is 2.79 bits per heavy atom. The number of carbonyl (C=O) groups is 1. The van der Waals surface area contributed by atoms with Crippen LogP contribution in [0.25, 0.3) is 5.69 Å². The van der Waals surface area contributed by atoms with Gasteiger partial charge in [0.2, 0.25) is 0 Å². The molecule has 3 heterocycles. The normalized spacial score (nSPS) is 13.5. The molecule has 0 spiro atoms. The van der Waals surface area contributed by atoms with Crippen molar-refractivity contribution in [3.05, 3.63) is 65.9 Å². The summed E-state index contributed by atoms with van der Waals surface area (Å²) in [6, 6.07) is 9.93. The molecule has 0 atom stereocenters. The largest absolute Gasteiger partial charge is 0.357 e. The van der Waals surface area contributed by atoms with Crippen molar-refractivity contribution in [1.82, 2.24) is 20.1 Å². The van der Waals surface area contributed by atoms with Gasteiger partial charge in [-0.3, -0.25) is 0 Å². The molecule has 1 aromatic carbocycles. The molecule has 1 saturated heterocycles. The average molecular weight is 394 g/mol. The van der Waals surface area contributed by atoms with Gasteiger partial charge in [-0.1, -0.05) is 12.1 Å². The topological polar surface area (TPSA) is 75.1 Å². The van der Waals surface area contributed by atoms with E-state index in [2.05, 4.69) is 25.6 Å². The molecule has 0 saturated carbocycles. The van der Waals surface area contributed by atoms with Crippen molar-refractivity contribution in [3.63, 3.8) is 0 Å². The van der Waals surface area contributed by atoms with Crippen molar-refractivity contribution in [3.8, 4) is 5.69 Å². The summed E-state index contributed by atoms with van der Waals surface area (Å²) in [6.07, 6.45) is 5.66. The number of pyridine rings is 1. The molecule has 1 aliphatic rings. The lowest BCUT2D eigenvalue weighted by atomic mass is 10.2. The zero-order valence-corrected chi connectivity index (χ0v) is 16.2. The Morgan fingerprint density at radius 1 is 1.21 bits per heavy atom. The van der Waals surface area contributed by atoms with Crippen LogP contribution in [-0.4, -0.2) is 33.9 Å². The van der Waals surface area contributed by atoms with E-state index in [1.807, 2.05) is 12.1 Å². The molecule has 0 unspecified atom stereocenters. The number of anilines is 2. The fraction of sp³-hybridized carbons (Fsp3) is 0.286. The first-order chi connectivity index (χ1) is 14.1. The number of para-hydroxylation sites is 1. The lowest BCUT2D eigenvalue weighted by Crippen LogP contribution is -2.28. The summed E-state index contributed by atoms with van der Waals surface area (Å²) in [4.78, 5) is 19.0. The number of nitrogens with zero attached hydrogens (tertiary/aromatic N) is 4. The fourth-order valence-electron chi connectivity index (χ4n) is 3.44. The van der Waals surface area contributed by atoms with Gasteiger partial charge in [-0.15, -0.1) is 0 Å². The van der Waals surface area contributed by atoms with Crippen molar-refractivity contribution < 1.29 is 9.18 Å². The van der Waals surface area contributed by atoms with Crippen LogP contribution in [0.5, 0.6) is 0 Å². The summed E-state index contributed by atoms with van der Waals surface area (Å²) in [7, 11) is 0. The average Bonchev–Trinajstić information content (AvgIpc) is 3.38. The standard InChI is InChI=1S/C21H23FN6O/c1-15-18(14-25-28(15)19-7-3-2-6-17(19)22)26-21(29)24-13-16-8-9-23-20(12-16)27-10-4-5-11-27/h2-3,6-9,12,14H,4-5,10-11,13H2,1H3,(H2,24,26,29). The molecule has 2 amide bonds. The minimum absolute atomic E-state index is 0.338. The molecule has 150 valence electrons. The van der Waals surface area contributed by atoms with E-state index in [1.54, 1.807) is 31.3 Å². The first kappa shape index (κ1) is 18.9. The van der Waals surface area contributed by atoms with Gasteiger partial charge in [-0.2, -0.15) is 5.10 Å². The lowest BCUT2D eigenvalue weighted by Gasteiger charge is -2.17. The number of benzene rings is 1. The van der Waals surface area contributed by atoms with Crippen molar-refractivity contribution in [2.75, 3.05) is 23.3 Å². The molecule has 0 radical (unpaired) electrons. The number of halogens is 1. The van der Waals surface area contributed by atoms with Crippen molar-refractivity contribution >= 4 is 17.5 Å².